The molecule has 0 amide bonds. The van der Waals surface area contributed by atoms with Crippen molar-refractivity contribution in [2.75, 3.05) is 42.7 Å². The van der Waals surface area contributed by atoms with E-state index >= 15 is 0 Å². The second-order valence-electron chi connectivity index (χ2n) is 32.4. The van der Waals surface area contributed by atoms with Crippen molar-refractivity contribution in [3.8, 4) is 34.5 Å². The molecule has 0 aromatic heterocycles. The van der Waals surface area contributed by atoms with Crippen LogP contribution in [0.1, 0.15) is 248 Å². The van der Waals surface area contributed by atoms with Gasteiger partial charge in [0.25, 0.3) is 0 Å². The van der Waals surface area contributed by atoms with Gasteiger partial charge in [0.2, 0.25) is 0 Å². The van der Waals surface area contributed by atoms with Crippen molar-refractivity contribution in [1.29, 1.82) is 0 Å². The topological polar surface area (TPSA) is 55.4 Å². The molecule has 6 heteroatoms. The van der Waals surface area contributed by atoms with Crippen LogP contribution in [-0.2, 0) is 71.0 Å². The Morgan fingerprint density at radius 2 is 0.424 bits per heavy atom. The van der Waals surface area contributed by atoms with E-state index in [2.05, 4.69) is 258 Å². The van der Waals surface area contributed by atoms with Gasteiger partial charge in [0.1, 0.15) is 34.5 Å². The average molecular weight is 1240 g/mol. The molecule has 488 valence electrons. The molecule has 0 heterocycles. The summed E-state index contributed by atoms with van der Waals surface area (Å²) in [5.41, 5.74) is 21.8. The molecule has 0 saturated carbocycles. The molecule has 1 aliphatic rings. The van der Waals surface area contributed by atoms with Crippen LogP contribution in [0.3, 0.4) is 0 Å². The van der Waals surface area contributed by atoms with Gasteiger partial charge >= 0.3 is 0 Å². The molecular weight excluding hydrogens is 1130 g/mol. The lowest BCUT2D eigenvalue weighted by Crippen LogP contribution is -2.19. The van der Waals surface area contributed by atoms with Crippen LogP contribution < -0.4 is 28.4 Å². The molecule has 8 aromatic rings. The molecule has 8 aromatic carbocycles. The first-order valence-corrected chi connectivity index (χ1v) is 33.4. The highest BCUT2D eigenvalue weighted by atomic mass is 16.5. The molecule has 0 aliphatic heterocycles. The Hall–Kier alpha value is -7.44. The second kappa shape index (κ2) is 26.5. The number of hydrogen-bond acceptors (Lipinski definition) is 6. The average Bonchev–Trinajstić information content (AvgIpc) is 0.765. The first-order valence-electron chi connectivity index (χ1n) is 33.4. The zero-order chi connectivity index (χ0) is 67.2. The molecule has 0 spiro atoms. The summed E-state index contributed by atoms with van der Waals surface area (Å²) in [7, 11) is 11.1. The summed E-state index contributed by atoms with van der Waals surface area (Å²) >= 11 is 0. The van der Waals surface area contributed by atoms with E-state index in [0.717, 1.165) is 101 Å². The Morgan fingerprint density at radius 3 is 0.598 bits per heavy atom. The van der Waals surface area contributed by atoms with Crippen LogP contribution >= 0.6 is 0 Å². The number of rotatable bonds is 10. The molecule has 0 N–H and O–H groups in total. The minimum Gasteiger partial charge on any atom is -0.496 e. The third-order valence-corrected chi connectivity index (χ3v) is 19.3. The van der Waals surface area contributed by atoms with Crippen molar-refractivity contribution in [3.05, 3.63) is 245 Å². The fourth-order valence-corrected chi connectivity index (χ4v) is 13.9. The number of benzene rings is 8. The van der Waals surface area contributed by atoms with Gasteiger partial charge < -0.3 is 28.4 Å². The van der Waals surface area contributed by atoms with Crippen LogP contribution in [0.25, 0.3) is 0 Å². The molecule has 0 unspecified atom stereocenters. The van der Waals surface area contributed by atoms with Gasteiger partial charge in [-0.1, -0.05) is 258 Å². The zero-order valence-corrected chi connectivity index (χ0v) is 60.5. The highest BCUT2D eigenvalue weighted by Crippen LogP contribution is 2.51. The summed E-state index contributed by atoms with van der Waals surface area (Å²) in [5, 5.41) is 0. The lowest BCUT2D eigenvalue weighted by atomic mass is 9.75. The molecule has 92 heavy (non-hydrogen) atoms. The fraction of sp³-hybridized carbons (Fsp3) is 0.442. The van der Waals surface area contributed by atoms with Crippen molar-refractivity contribution in [3.63, 3.8) is 0 Å². The van der Waals surface area contributed by atoms with Crippen LogP contribution in [-0.4, -0.2) is 42.7 Å². The van der Waals surface area contributed by atoms with E-state index in [0.29, 0.717) is 38.5 Å². The maximum atomic E-state index is 6.96. The summed E-state index contributed by atoms with van der Waals surface area (Å²) in [6, 6.07) is 50.8. The number of methoxy groups -OCH3 is 6. The van der Waals surface area contributed by atoms with Gasteiger partial charge in [0.05, 0.1) is 42.7 Å². The quantitative estimate of drug-likeness (QED) is 0.136. The standard InChI is InChI=1S/C86H108O6/c1-81(2,3)63-41-55-37-59-45-65(83(7,8)9)49-71(77(59)89-21)69(35-53-31-27-25-28-32-53)73-51-67(85(13,14)15)47-61(79(73)91-23)39-57-43-64(82(4,5)6)44-58(76(57)88-20)40-62-48-68(86(16,17)18)52-74(80(62)92-24)70(36-54-33-29-26-30-34-54)72-50-66(84(10,11)12)46-60(78(72)90-22)38-56(42-63)75(55)87-19/h25-34,41-52,69-70H,35-40H2,1-24H3. The molecule has 0 radical (unpaired) electrons. The Kier molecular flexibility index (Phi) is 19.9. The van der Waals surface area contributed by atoms with Crippen molar-refractivity contribution < 1.29 is 28.4 Å². The Balaban J connectivity index is 1.50. The highest BCUT2D eigenvalue weighted by molar-refractivity contribution is 5.64. The fourth-order valence-electron chi connectivity index (χ4n) is 13.9. The lowest BCUT2D eigenvalue weighted by molar-refractivity contribution is 0.390. The Labute approximate surface area is 554 Å². The summed E-state index contributed by atoms with van der Waals surface area (Å²) in [4.78, 5) is 0. The van der Waals surface area contributed by atoms with E-state index in [1.165, 1.54) is 44.5 Å². The van der Waals surface area contributed by atoms with Crippen LogP contribution in [0.5, 0.6) is 34.5 Å². The van der Waals surface area contributed by atoms with Crippen molar-refractivity contribution >= 4 is 0 Å². The van der Waals surface area contributed by atoms with Gasteiger partial charge in [0.15, 0.2) is 0 Å². The largest absolute Gasteiger partial charge is 0.496 e. The molecule has 0 fully saturated rings. The summed E-state index contributed by atoms with van der Waals surface area (Å²) < 4.78 is 41.5. The summed E-state index contributed by atoms with van der Waals surface area (Å²) in [6.45, 7) is 41.8. The predicted octanol–water partition coefficient (Wildman–Crippen LogP) is 20.9. The van der Waals surface area contributed by atoms with Crippen LogP contribution in [0.2, 0.25) is 0 Å². The van der Waals surface area contributed by atoms with Gasteiger partial charge in [-0.15, -0.1) is 0 Å². The molecule has 1 aliphatic carbocycles. The van der Waals surface area contributed by atoms with Gasteiger partial charge in [0, 0.05) is 59.8 Å². The third-order valence-electron chi connectivity index (χ3n) is 19.3. The molecule has 0 atom stereocenters. The van der Waals surface area contributed by atoms with Crippen LogP contribution in [0, 0.1) is 0 Å². The monoisotopic (exact) mass is 1240 g/mol. The molecule has 6 nitrogen and oxygen atoms in total. The Morgan fingerprint density at radius 1 is 0.250 bits per heavy atom. The van der Waals surface area contributed by atoms with Gasteiger partial charge in [-0.2, -0.15) is 0 Å². The van der Waals surface area contributed by atoms with E-state index in [1.807, 2.05) is 42.7 Å². The minimum atomic E-state index is -0.226. The first-order chi connectivity index (χ1) is 43.1. The van der Waals surface area contributed by atoms with Crippen LogP contribution in [0.15, 0.2) is 133 Å². The first kappa shape index (κ1) is 68.9. The highest BCUT2D eigenvalue weighted by Gasteiger charge is 2.35. The molecule has 9 rings (SSSR count). The second-order valence-corrected chi connectivity index (χ2v) is 32.4. The lowest BCUT2D eigenvalue weighted by Gasteiger charge is -2.32. The minimum absolute atomic E-state index is 0.203. The van der Waals surface area contributed by atoms with E-state index in [1.54, 1.807) is 0 Å². The molecule has 12 bridgehead atoms. The van der Waals surface area contributed by atoms with Gasteiger partial charge in [-0.3, -0.25) is 0 Å². The number of fused-ring (bicyclic) bond motifs is 12. The number of ether oxygens (including phenoxy) is 6. The van der Waals surface area contributed by atoms with Crippen LogP contribution in [0.4, 0.5) is 0 Å². The zero-order valence-electron chi connectivity index (χ0n) is 60.5. The molecule has 0 saturated heterocycles. The van der Waals surface area contributed by atoms with E-state index in [-0.39, 0.29) is 44.3 Å². The van der Waals surface area contributed by atoms with E-state index in [9.17, 15) is 0 Å². The normalized spacial score (nSPS) is 15.1. The van der Waals surface area contributed by atoms with Gasteiger partial charge in [-0.05, 0) is 134 Å². The van der Waals surface area contributed by atoms with Crippen molar-refractivity contribution in [2.24, 2.45) is 0 Å². The van der Waals surface area contributed by atoms with Crippen molar-refractivity contribution in [1.82, 2.24) is 0 Å². The summed E-state index contributed by atoms with van der Waals surface area (Å²) in [6.07, 6.45) is 3.65. The third kappa shape index (κ3) is 14.8. The maximum absolute atomic E-state index is 6.96. The van der Waals surface area contributed by atoms with E-state index in [4.69, 9.17) is 28.4 Å². The maximum Gasteiger partial charge on any atom is 0.126 e. The predicted molar refractivity (Wildman–Crippen MR) is 385 cm³/mol. The van der Waals surface area contributed by atoms with E-state index < -0.39 is 0 Å². The van der Waals surface area contributed by atoms with Gasteiger partial charge in [-0.25, -0.2) is 0 Å². The Bertz CT molecular complexity index is 3480. The SMILES string of the molecule is COc1c2cc(C(C)(C)C)cc1Cc1cc(C(C)(C)C)cc(c1OC)C(Cc1ccccc1)c1cc(C(C)(C)C)cc(c1OC)Cc1cc(C(C)(C)C)cc(c1OC)Cc1cc(C(C)(C)C)cc(c1OC)C(Cc1ccccc1)c1cc(C(C)(C)C)cc(c1OC)C2. The smallest absolute Gasteiger partial charge is 0.126 e. The summed E-state index contributed by atoms with van der Waals surface area (Å²) in [5.74, 6) is 4.80. The van der Waals surface area contributed by atoms with Crippen molar-refractivity contribution in [2.45, 2.75) is 207 Å². The number of hydrogen-bond donors (Lipinski definition) is 0. The molecular formula is C86H108O6.